The number of rotatable bonds is 6. The first-order chi connectivity index (χ1) is 13.6. The van der Waals surface area contributed by atoms with Crippen molar-refractivity contribution < 1.29 is 4.74 Å². The van der Waals surface area contributed by atoms with Gasteiger partial charge >= 0.3 is 6.01 Å². The van der Waals surface area contributed by atoms with E-state index in [9.17, 15) is 0 Å². The minimum Gasteiger partial charge on any atom is -0.425 e. The number of anilines is 3. The zero-order chi connectivity index (χ0) is 19.5. The Kier molecular flexibility index (Phi) is 4.80. The van der Waals surface area contributed by atoms with Crippen LogP contribution >= 0.6 is 0 Å². The van der Waals surface area contributed by atoms with E-state index in [1.54, 1.807) is 6.20 Å². The molecule has 4 rings (SSSR count). The summed E-state index contributed by atoms with van der Waals surface area (Å²) in [7, 11) is 1.89. The summed E-state index contributed by atoms with van der Waals surface area (Å²) in [5, 5.41) is 6.68. The van der Waals surface area contributed by atoms with E-state index in [0.717, 1.165) is 40.5 Å². The highest BCUT2D eigenvalue weighted by Crippen LogP contribution is 2.27. The molecule has 0 unspecified atom stereocenters. The Morgan fingerprint density at radius 2 is 1.93 bits per heavy atom. The molecule has 0 atom stereocenters. The summed E-state index contributed by atoms with van der Waals surface area (Å²) in [6.07, 6.45) is 3.59. The van der Waals surface area contributed by atoms with Gasteiger partial charge in [-0.05, 0) is 61.9 Å². The smallest absolute Gasteiger partial charge is 0.303 e. The van der Waals surface area contributed by atoms with Gasteiger partial charge in [0.25, 0.3) is 0 Å². The molecule has 0 aliphatic carbocycles. The largest absolute Gasteiger partial charge is 0.425 e. The molecule has 0 bridgehead atoms. The average molecular weight is 374 g/mol. The van der Waals surface area contributed by atoms with Gasteiger partial charge in [-0.1, -0.05) is 0 Å². The highest BCUT2D eigenvalue weighted by molar-refractivity contribution is 5.72. The molecule has 0 spiro atoms. The van der Waals surface area contributed by atoms with Crippen LogP contribution in [-0.2, 0) is 7.05 Å². The lowest BCUT2D eigenvalue weighted by atomic mass is 10.2. The molecule has 4 aromatic rings. The average Bonchev–Trinajstić information content (AvgIpc) is 3.01. The van der Waals surface area contributed by atoms with Crippen molar-refractivity contribution in [3.63, 3.8) is 0 Å². The zero-order valence-corrected chi connectivity index (χ0v) is 16.1. The molecule has 3 aromatic heterocycles. The number of pyridine rings is 2. The van der Waals surface area contributed by atoms with E-state index in [0.29, 0.717) is 11.8 Å². The minimum absolute atomic E-state index is 0.504. The molecule has 0 aliphatic heterocycles. The molecule has 7 nitrogen and oxygen atoms in total. The van der Waals surface area contributed by atoms with Crippen LogP contribution in [0.2, 0.25) is 0 Å². The van der Waals surface area contributed by atoms with Gasteiger partial charge in [-0.3, -0.25) is 4.57 Å². The third-order valence-electron chi connectivity index (χ3n) is 4.30. The fourth-order valence-electron chi connectivity index (χ4n) is 2.94. The molecule has 0 fully saturated rings. The van der Waals surface area contributed by atoms with Gasteiger partial charge < -0.3 is 15.4 Å². The van der Waals surface area contributed by atoms with Crippen LogP contribution in [-0.4, -0.2) is 26.1 Å². The van der Waals surface area contributed by atoms with Gasteiger partial charge in [-0.15, -0.1) is 0 Å². The predicted molar refractivity (Wildman–Crippen MR) is 111 cm³/mol. The van der Waals surface area contributed by atoms with Crippen LogP contribution in [0.25, 0.3) is 11.2 Å². The Morgan fingerprint density at radius 1 is 1.11 bits per heavy atom. The van der Waals surface area contributed by atoms with E-state index in [1.807, 2.05) is 61.1 Å². The lowest BCUT2D eigenvalue weighted by molar-refractivity contribution is 0.427. The van der Waals surface area contributed by atoms with Crippen molar-refractivity contribution >= 4 is 28.4 Å². The van der Waals surface area contributed by atoms with Crippen LogP contribution in [0.4, 0.5) is 17.2 Å². The number of imidazole rings is 1. The van der Waals surface area contributed by atoms with Crippen LogP contribution in [0.5, 0.6) is 11.8 Å². The predicted octanol–water partition coefficient (Wildman–Crippen LogP) is 4.64. The molecule has 0 saturated heterocycles. The van der Waals surface area contributed by atoms with Gasteiger partial charge in [0.15, 0.2) is 11.5 Å². The van der Waals surface area contributed by atoms with Gasteiger partial charge in [0.05, 0.1) is 5.69 Å². The van der Waals surface area contributed by atoms with Crippen molar-refractivity contribution in [3.05, 3.63) is 60.4 Å². The molecular weight excluding hydrogens is 352 g/mol. The third kappa shape index (κ3) is 3.59. The van der Waals surface area contributed by atoms with Gasteiger partial charge in [-0.25, -0.2) is 9.97 Å². The summed E-state index contributed by atoms with van der Waals surface area (Å²) in [4.78, 5) is 13.3. The van der Waals surface area contributed by atoms with Gasteiger partial charge in [0.1, 0.15) is 11.3 Å². The van der Waals surface area contributed by atoms with Crippen LogP contribution in [0, 0.1) is 6.92 Å². The molecule has 3 heterocycles. The first kappa shape index (κ1) is 17.8. The molecule has 142 valence electrons. The molecule has 0 aliphatic rings. The van der Waals surface area contributed by atoms with Crippen LogP contribution in [0.1, 0.15) is 12.5 Å². The van der Waals surface area contributed by atoms with Crippen molar-refractivity contribution in [2.45, 2.75) is 13.8 Å². The van der Waals surface area contributed by atoms with Gasteiger partial charge in [-0.2, -0.15) is 4.98 Å². The summed E-state index contributed by atoms with van der Waals surface area (Å²) in [6, 6.07) is 14.1. The lowest BCUT2D eigenvalue weighted by Crippen LogP contribution is -2.03. The summed E-state index contributed by atoms with van der Waals surface area (Å²) >= 11 is 0. The third-order valence-corrected chi connectivity index (χ3v) is 4.30. The second-order valence-electron chi connectivity index (χ2n) is 6.49. The zero-order valence-electron chi connectivity index (χ0n) is 16.1. The van der Waals surface area contributed by atoms with Crippen molar-refractivity contribution in [1.82, 2.24) is 19.5 Å². The Labute approximate surface area is 163 Å². The van der Waals surface area contributed by atoms with Crippen molar-refractivity contribution in [2.24, 2.45) is 7.05 Å². The molecule has 2 N–H and O–H groups in total. The molecule has 0 saturated carbocycles. The van der Waals surface area contributed by atoms with Crippen LogP contribution in [0.3, 0.4) is 0 Å². The fraction of sp³-hybridized carbons (Fsp3) is 0.190. The number of hydrogen-bond donors (Lipinski definition) is 2. The highest BCUT2D eigenvalue weighted by atomic mass is 16.5. The molecule has 7 heteroatoms. The number of fused-ring (bicyclic) bond motifs is 1. The van der Waals surface area contributed by atoms with E-state index in [4.69, 9.17) is 4.74 Å². The maximum absolute atomic E-state index is 5.93. The topological polar surface area (TPSA) is 76.9 Å². The van der Waals surface area contributed by atoms with Crippen molar-refractivity contribution in [2.75, 3.05) is 17.2 Å². The lowest BCUT2D eigenvalue weighted by Gasteiger charge is -2.13. The van der Waals surface area contributed by atoms with E-state index in [2.05, 4.69) is 38.6 Å². The molecule has 1 aromatic carbocycles. The van der Waals surface area contributed by atoms with Crippen LogP contribution < -0.4 is 15.4 Å². The second kappa shape index (κ2) is 7.56. The maximum Gasteiger partial charge on any atom is 0.303 e. The van der Waals surface area contributed by atoms with E-state index in [1.165, 1.54) is 0 Å². The molecule has 0 radical (unpaired) electrons. The molecular formula is C21H22N6O. The van der Waals surface area contributed by atoms with E-state index >= 15 is 0 Å². The summed E-state index contributed by atoms with van der Waals surface area (Å²) < 4.78 is 7.77. The maximum atomic E-state index is 5.93. The summed E-state index contributed by atoms with van der Waals surface area (Å²) in [5.41, 5.74) is 4.61. The summed E-state index contributed by atoms with van der Waals surface area (Å²) in [6.45, 7) is 4.93. The Balaban J connectivity index is 1.52. The normalized spacial score (nSPS) is 10.8. The Morgan fingerprint density at radius 3 is 2.68 bits per heavy atom. The van der Waals surface area contributed by atoms with E-state index < -0.39 is 0 Å². The second-order valence-corrected chi connectivity index (χ2v) is 6.49. The Bertz CT molecular complexity index is 1100. The van der Waals surface area contributed by atoms with Gasteiger partial charge in [0.2, 0.25) is 0 Å². The highest BCUT2D eigenvalue weighted by Gasteiger charge is 2.10. The number of hydrogen-bond acceptors (Lipinski definition) is 6. The monoisotopic (exact) mass is 374 g/mol. The fourth-order valence-corrected chi connectivity index (χ4v) is 2.94. The number of ether oxygens (including phenoxy) is 1. The van der Waals surface area contributed by atoms with Crippen molar-refractivity contribution in [3.8, 4) is 11.8 Å². The SMILES string of the molecule is CCNc1cc(C)cnc1Nc1ccc(Oc2nc3cccnc3n2C)cc1. The number of nitrogens with zero attached hydrogens (tertiary/aromatic N) is 4. The molecule has 0 amide bonds. The number of aryl methyl sites for hydroxylation is 2. The number of aromatic nitrogens is 4. The van der Waals surface area contributed by atoms with Crippen molar-refractivity contribution in [1.29, 1.82) is 0 Å². The van der Waals surface area contributed by atoms with E-state index in [-0.39, 0.29) is 0 Å². The number of benzene rings is 1. The Hall–Kier alpha value is -3.61. The van der Waals surface area contributed by atoms with Crippen LogP contribution in [0.15, 0.2) is 54.9 Å². The first-order valence-corrected chi connectivity index (χ1v) is 9.17. The van der Waals surface area contributed by atoms with Gasteiger partial charge in [0, 0.05) is 31.7 Å². The first-order valence-electron chi connectivity index (χ1n) is 9.17. The number of nitrogens with one attached hydrogen (secondary N) is 2. The minimum atomic E-state index is 0.504. The quantitative estimate of drug-likeness (QED) is 0.512. The molecule has 28 heavy (non-hydrogen) atoms. The standard InChI is InChI=1S/C21H22N6O/c1-4-22-18-12-14(2)13-24-19(18)25-15-7-9-16(10-8-15)28-21-26-17-6-5-11-23-20(17)27(21)3/h5-13,22H,4H2,1-3H3,(H,24,25). The summed E-state index contributed by atoms with van der Waals surface area (Å²) in [5.74, 6) is 1.50.